The molecule has 56 valence electrons. The van der Waals surface area contributed by atoms with Crippen LogP contribution in [0.2, 0.25) is 0 Å². The van der Waals surface area contributed by atoms with E-state index >= 15 is 0 Å². The van der Waals surface area contributed by atoms with E-state index in [4.69, 9.17) is 22.8 Å². The van der Waals surface area contributed by atoms with Crippen molar-refractivity contribution in [3.8, 4) is 12.3 Å². The third-order valence-electron chi connectivity index (χ3n) is 1.43. The molecule has 0 saturated carbocycles. The molecule has 0 bridgehead atoms. The van der Waals surface area contributed by atoms with E-state index in [1.165, 1.54) is 0 Å². The maximum Gasteiger partial charge on any atom is 0.120 e. The molecule has 1 aliphatic heterocycles. The van der Waals surface area contributed by atoms with Crippen LogP contribution in [0.1, 0.15) is 0 Å². The van der Waals surface area contributed by atoms with Crippen LogP contribution in [0.4, 0.5) is 0 Å². The zero-order valence-electron chi connectivity index (χ0n) is 5.74. The molecule has 0 aromatic rings. The van der Waals surface area contributed by atoms with E-state index in [0.717, 1.165) is 11.9 Å². The highest BCUT2D eigenvalue weighted by molar-refractivity contribution is 8.69. The lowest BCUT2D eigenvalue weighted by Crippen LogP contribution is -1.96. The molecule has 0 aromatic carbocycles. The molecular weight excluding hydrogens is 183 g/mol. The van der Waals surface area contributed by atoms with Gasteiger partial charge in [0.05, 0.1) is 0 Å². The minimum atomic E-state index is -1.52. The second kappa shape index (κ2) is 3.28. The maximum absolute atomic E-state index is 5.27. The number of rotatable bonds is 1. The molecule has 0 aromatic heterocycles. The Kier molecular flexibility index (Phi) is 2.82. The summed E-state index contributed by atoms with van der Waals surface area (Å²) >= 11 is 7.01. The van der Waals surface area contributed by atoms with Crippen molar-refractivity contribution in [2.45, 2.75) is 0 Å². The Labute approximate surface area is 70.7 Å². The van der Waals surface area contributed by atoms with Crippen LogP contribution in [-0.4, -0.2) is 19.0 Å². The van der Waals surface area contributed by atoms with E-state index in [9.17, 15) is 0 Å². The second-order valence-corrected chi connectivity index (χ2v) is 9.69. The Hall–Kier alpha value is 0.520. The van der Waals surface area contributed by atoms with E-state index in [1.54, 1.807) is 18.5 Å². The summed E-state index contributed by atoms with van der Waals surface area (Å²) in [5.74, 6) is 4.06. The predicted octanol–water partition coefficient (Wildman–Crippen LogP) is 1.94. The molecule has 1 heterocycles. The first-order valence-corrected chi connectivity index (χ1v) is 7.45. The van der Waals surface area contributed by atoms with Crippen LogP contribution in [-0.2, 0) is 16.3 Å². The zero-order chi connectivity index (χ0) is 7.61. The quantitative estimate of drug-likeness (QED) is 0.464. The van der Waals surface area contributed by atoms with Crippen molar-refractivity contribution in [3.63, 3.8) is 0 Å². The van der Waals surface area contributed by atoms with Crippen molar-refractivity contribution in [2.75, 3.05) is 19.0 Å². The van der Waals surface area contributed by atoms with Gasteiger partial charge in [0, 0.05) is 24.9 Å². The van der Waals surface area contributed by atoms with E-state index in [1.807, 2.05) is 0 Å². The minimum absolute atomic E-state index is 0.357. The average Bonchev–Trinajstić information content (AvgIpc) is 2.33. The van der Waals surface area contributed by atoms with Crippen molar-refractivity contribution < 1.29 is 4.52 Å². The predicted molar refractivity (Wildman–Crippen MR) is 50.9 cm³/mol. The molecular formula is C6H9OPS2. The van der Waals surface area contributed by atoms with Gasteiger partial charge in [0.2, 0.25) is 0 Å². The molecule has 0 N–H and O–H groups in total. The van der Waals surface area contributed by atoms with E-state index in [2.05, 4.69) is 5.92 Å². The minimum Gasteiger partial charge on any atom is -0.345 e. The Morgan fingerprint density at radius 3 is 2.90 bits per heavy atom. The van der Waals surface area contributed by atoms with Crippen molar-refractivity contribution in [3.05, 3.63) is 0 Å². The normalized spacial score (nSPS) is 39.4. The lowest BCUT2D eigenvalue weighted by molar-refractivity contribution is 0.469. The van der Waals surface area contributed by atoms with Gasteiger partial charge in [-0.15, -0.1) is 12.3 Å². The van der Waals surface area contributed by atoms with Crippen LogP contribution in [0.5, 0.6) is 0 Å². The van der Waals surface area contributed by atoms with Gasteiger partial charge < -0.3 is 4.52 Å². The van der Waals surface area contributed by atoms with Crippen molar-refractivity contribution in [1.82, 2.24) is 0 Å². The highest BCUT2D eigenvalue weighted by atomic mass is 32.9. The summed E-state index contributed by atoms with van der Waals surface area (Å²) in [5, 5.41) is 0. The zero-order valence-corrected chi connectivity index (χ0v) is 8.27. The van der Waals surface area contributed by atoms with Gasteiger partial charge in [-0.2, -0.15) is 0 Å². The molecule has 2 unspecified atom stereocenters. The number of hydrogen-bond acceptors (Lipinski definition) is 3. The van der Waals surface area contributed by atoms with Crippen molar-refractivity contribution in [2.24, 2.45) is 5.92 Å². The van der Waals surface area contributed by atoms with Crippen LogP contribution in [0, 0.1) is 18.3 Å². The third-order valence-corrected chi connectivity index (χ3v) is 8.18. The summed E-state index contributed by atoms with van der Waals surface area (Å²) in [6.45, 7) is 0. The molecule has 1 aliphatic rings. The van der Waals surface area contributed by atoms with Gasteiger partial charge in [0.1, 0.15) is 5.47 Å². The fourth-order valence-corrected chi connectivity index (χ4v) is 6.22. The summed E-state index contributed by atoms with van der Waals surface area (Å²) in [6.07, 6.45) is 6.18. The second-order valence-electron chi connectivity index (χ2n) is 2.14. The average molecular weight is 192 g/mol. The van der Waals surface area contributed by atoms with Gasteiger partial charge in [-0.3, -0.25) is 0 Å². The Morgan fingerprint density at radius 2 is 2.60 bits per heavy atom. The Morgan fingerprint density at radius 1 is 1.90 bits per heavy atom. The molecule has 0 aliphatic carbocycles. The van der Waals surface area contributed by atoms with Gasteiger partial charge in [-0.25, -0.2) is 0 Å². The molecule has 10 heavy (non-hydrogen) atoms. The van der Waals surface area contributed by atoms with Gasteiger partial charge in [0.15, 0.2) is 0 Å². The third kappa shape index (κ3) is 1.77. The Balaban J connectivity index is 2.60. The fourth-order valence-electron chi connectivity index (χ4n) is 0.807. The highest BCUT2D eigenvalue weighted by Crippen LogP contribution is 2.65. The first-order chi connectivity index (χ1) is 4.70. The lowest BCUT2D eigenvalue weighted by Gasteiger charge is -2.09. The first kappa shape index (κ1) is 8.62. The topological polar surface area (TPSA) is 9.23 Å². The number of hydrogen-bond donors (Lipinski definition) is 0. The molecule has 0 amide bonds. The smallest absolute Gasteiger partial charge is 0.120 e. The Bertz CT molecular complexity index is 208. The molecule has 1 fully saturated rings. The molecule has 1 rings (SSSR count). The number of terminal acetylenes is 1. The molecule has 4 heteroatoms. The summed E-state index contributed by atoms with van der Waals surface area (Å²) in [4.78, 5) is 0. The molecule has 0 radical (unpaired) electrons. The SMILES string of the molecule is C#CC1CSP(=S)(OC)C1. The van der Waals surface area contributed by atoms with E-state index in [-0.39, 0.29) is 0 Å². The molecule has 2 atom stereocenters. The first-order valence-electron chi connectivity index (χ1n) is 2.95. The molecule has 0 spiro atoms. The monoisotopic (exact) mass is 192 g/mol. The van der Waals surface area contributed by atoms with Gasteiger partial charge in [0.25, 0.3) is 0 Å². The van der Waals surface area contributed by atoms with Gasteiger partial charge in [-0.1, -0.05) is 23.2 Å². The maximum atomic E-state index is 5.27. The summed E-state index contributed by atoms with van der Waals surface area (Å²) in [7, 11) is 1.69. The summed E-state index contributed by atoms with van der Waals surface area (Å²) in [6, 6.07) is 0. The molecule has 1 saturated heterocycles. The van der Waals surface area contributed by atoms with Crippen LogP contribution < -0.4 is 0 Å². The van der Waals surface area contributed by atoms with Crippen LogP contribution in [0.25, 0.3) is 0 Å². The summed E-state index contributed by atoms with van der Waals surface area (Å²) in [5.41, 5.74) is -1.52. The van der Waals surface area contributed by atoms with E-state index < -0.39 is 5.47 Å². The van der Waals surface area contributed by atoms with Crippen LogP contribution >= 0.6 is 16.8 Å². The summed E-state index contributed by atoms with van der Waals surface area (Å²) < 4.78 is 5.22. The van der Waals surface area contributed by atoms with Gasteiger partial charge in [-0.05, 0) is 0 Å². The van der Waals surface area contributed by atoms with Crippen LogP contribution in [0.3, 0.4) is 0 Å². The van der Waals surface area contributed by atoms with Gasteiger partial charge >= 0.3 is 0 Å². The highest BCUT2D eigenvalue weighted by Gasteiger charge is 2.29. The standard InChI is InChI=1S/C6H9OPS2/c1-3-6-4-8(9,7-2)10-5-6/h1,6H,4-5H2,2H3. The van der Waals surface area contributed by atoms with Crippen molar-refractivity contribution >= 4 is 28.7 Å². The molecule has 1 nitrogen and oxygen atoms in total. The lowest BCUT2D eigenvalue weighted by atomic mass is 10.2. The van der Waals surface area contributed by atoms with E-state index in [0.29, 0.717) is 5.92 Å². The van der Waals surface area contributed by atoms with Crippen molar-refractivity contribution in [1.29, 1.82) is 0 Å². The van der Waals surface area contributed by atoms with Crippen LogP contribution in [0.15, 0.2) is 0 Å². The largest absolute Gasteiger partial charge is 0.345 e. The fraction of sp³-hybridized carbons (Fsp3) is 0.667.